The van der Waals surface area contributed by atoms with Gasteiger partial charge >= 0.3 is 0 Å². The van der Waals surface area contributed by atoms with Crippen LogP contribution in [0.4, 0.5) is 45.5 Å². The third-order valence-corrected chi connectivity index (χ3v) is 9.57. The molecule has 19 nitrogen and oxygen atoms in total. The van der Waals surface area contributed by atoms with Gasteiger partial charge in [-0.05, 0) is 74.5 Å². The first-order chi connectivity index (χ1) is 29.5. The standard InChI is InChI=1S/C29H49N5O6.2C6H5ClN2O2/c1-3-33(25-9-5-23(30)6-10-25)13-15-39-21-28(37)18-32(17-27(36)20-35)19-29(38)22-40-16-14-34(4-2)26-11-7-24(31)8-12-26;2*7-5-3-4(9(10)11)1-2-6(5)8/h5-12,27-29,35-38H,3-4,13-22,30-31H2,1-2H3;2*1-3H,8H2. The zero-order chi connectivity index (χ0) is 46.2. The minimum Gasteiger partial charge on any atom is -0.399 e. The van der Waals surface area contributed by atoms with E-state index in [2.05, 4.69) is 23.6 Å². The largest absolute Gasteiger partial charge is 0.399 e. The maximum atomic E-state index is 10.6. The van der Waals surface area contributed by atoms with Crippen molar-refractivity contribution in [1.82, 2.24) is 4.90 Å². The van der Waals surface area contributed by atoms with E-state index in [1.54, 1.807) is 4.90 Å². The van der Waals surface area contributed by atoms with Crippen LogP contribution in [0, 0.1) is 20.2 Å². The third-order valence-electron chi connectivity index (χ3n) is 8.92. The fourth-order valence-electron chi connectivity index (χ4n) is 5.64. The van der Waals surface area contributed by atoms with Crippen molar-refractivity contribution in [2.24, 2.45) is 0 Å². The Bertz CT molecular complexity index is 1790. The number of rotatable bonds is 23. The van der Waals surface area contributed by atoms with Crippen LogP contribution in [0.25, 0.3) is 0 Å². The summed E-state index contributed by atoms with van der Waals surface area (Å²) in [5.74, 6) is 0. The van der Waals surface area contributed by atoms with Crippen LogP contribution < -0.4 is 32.7 Å². The van der Waals surface area contributed by atoms with Crippen molar-refractivity contribution in [3.05, 3.63) is 115 Å². The molecular formula is C41H59Cl2N9O10. The predicted octanol–water partition coefficient (Wildman–Crippen LogP) is 4.27. The summed E-state index contributed by atoms with van der Waals surface area (Å²) in [4.78, 5) is 25.3. The van der Waals surface area contributed by atoms with E-state index in [0.717, 1.165) is 24.5 Å². The SMILES string of the molecule is CCN(CCOCC(O)CN(CC(O)CO)CC(O)COCCN(CC)c1ccc(N)cc1)c1ccc(N)cc1.Nc1ccc([N+](=O)[O-])cc1Cl.Nc1ccc([N+](=O)[O-])cc1Cl. The van der Waals surface area contributed by atoms with Crippen molar-refractivity contribution in [3.8, 4) is 0 Å². The molecule has 0 bridgehead atoms. The molecule has 0 spiro atoms. The molecule has 342 valence electrons. The van der Waals surface area contributed by atoms with Gasteiger partial charge in [-0.2, -0.15) is 0 Å². The number of halogens is 2. The number of nitro groups is 2. The second-order valence-corrected chi connectivity index (χ2v) is 14.6. The second kappa shape index (κ2) is 28.4. The van der Waals surface area contributed by atoms with Crippen molar-refractivity contribution < 1.29 is 39.7 Å². The van der Waals surface area contributed by atoms with Crippen molar-refractivity contribution in [2.45, 2.75) is 32.2 Å². The summed E-state index contributed by atoms with van der Waals surface area (Å²) < 4.78 is 11.4. The van der Waals surface area contributed by atoms with E-state index >= 15 is 0 Å². The van der Waals surface area contributed by atoms with Crippen LogP contribution >= 0.6 is 23.2 Å². The van der Waals surface area contributed by atoms with Gasteiger partial charge in [-0.1, -0.05) is 23.2 Å². The summed E-state index contributed by atoms with van der Waals surface area (Å²) in [5, 5.41) is 61.1. The van der Waals surface area contributed by atoms with Gasteiger partial charge in [0, 0.05) is 92.8 Å². The molecule has 0 aliphatic rings. The summed E-state index contributed by atoms with van der Waals surface area (Å²) in [6, 6.07) is 23.2. The number of nitrogens with zero attached hydrogens (tertiary/aromatic N) is 5. The molecule has 62 heavy (non-hydrogen) atoms. The number of non-ortho nitro benzene ring substituents is 2. The summed E-state index contributed by atoms with van der Waals surface area (Å²) in [6.07, 6.45) is -2.65. The lowest BCUT2D eigenvalue weighted by atomic mass is 10.2. The Morgan fingerprint density at radius 3 is 1.27 bits per heavy atom. The summed E-state index contributed by atoms with van der Waals surface area (Å²) in [6.45, 7) is 8.15. The topological polar surface area (TPSA) is 299 Å². The fourth-order valence-corrected chi connectivity index (χ4v) is 5.99. The molecule has 0 fully saturated rings. The van der Waals surface area contributed by atoms with Gasteiger partial charge in [-0.3, -0.25) is 25.1 Å². The highest BCUT2D eigenvalue weighted by molar-refractivity contribution is 6.33. The van der Waals surface area contributed by atoms with Gasteiger partial charge in [0.15, 0.2) is 0 Å². The van der Waals surface area contributed by atoms with E-state index in [0.29, 0.717) is 49.1 Å². The van der Waals surface area contributed by atoms with Gasteiger partial charge in [-0.25, -0.2) is 0 Å². The molecule has 0 aromatic heterocycles. The molecule has 0 radical (unpaired) electrons. The van der Waals surface area contributed by atoms with E-state index < -0.39 is 34.8 Å². The number of nitrogen functional groups attached to an aromatic ring is 4. The molecule has 3 unspecified atom stereocenters. The van der Waals surface area contributed by atoms with E-state index in [9.17, 15) is 40.7 Å². The Balaban J connectivity index is 0.000000482. The summed E-state index contributed by atoms with van der Waals surface area (Å²) >= 11 is 11.1. The lowest BCUT2D eigenvalue weighted by Crippen LogP contribution is -2.45. The quantitative estimate of drug-likeness (QED) is 0.0223. The molecule has 4 rings (SSSR count). The Morgan fingerprint density at radius 1 is 0.613 bits per heavy atom. The number of ether oxygens (including phenoxy) is 2. The van der Waals surface area contributed by atoms with Crippen LogP contribution in [0.15, 0.2) is 84.9 Å². The van der Waals surface area contributed by atoms with Crippen LogP contribution in [0.2, 0.25) is 10.0 Å². The smallest absolute Gasteiger partial charge is 0.271 e. The third kappa shape index (κ3) is 20.1. The van der Waals surface area contributed by atoms with Crippen LogP contribution in [0.3, 0.4) is 0 Å². The van der Waals surface area contributed by atoms with Gasteiger partial charge < -0.3 is 62.6 Å². The lowest BCUT2D eigenvalue weighted by molar-refractivity contribution is -0.385. The van der Waals surface area contributed by atoms with Gasteiger partial charge in [-0.15, -0.1) is 0 Å². The van der Waals surface area contributed by atoms with Crippen molar-refractivity contribution in [1.29, 1.82) is 0 Å². The number of hydrogen-bond acceptors (Lipinski definition) is 17. The number of anilines is 6. The molecule has 0 heterocycles. The molecule has 0 aliphatic carbocycles. The zero-order valence-corrected chi connectivity index (χ0v) is 36.4. The molecule has 0 saturated heterocycles. The highest BCUT2D eigenvalue weighted by atomic mass is 35.5. The number of aliphatic hydroxyl groups excluding tert-OH is 4. The minimum absolute atomic E-state index is 0.0517. The van der Waals surface area contributed by atoms with Gasteiger partial charge in [0.25, 0.3) is 11.4 Å². The molecular weight excluding hydrogens is 849 g/mol. The van der Waals surface area contributed by atoms with Gasteiger partial charge in [0.05, 0.1) is 82.6 Å². The van der Waals surface area contributed by atoms with E-state index in [1.807, 2.05) is 48.5 Å². The van der Waals surface area contributed by atoms with Gasteiger partial charge in [0.2, 0.25) is 0 Å². The maximum absolute atomic E-state index is 10.6. The summed E-state index contributed by atoms with van der Waals surface area (Å²) in [5.41, 5.74) is 26.3. The number of nitro benzene ring substituents is 2. The first-order valence-corrected chi connectivity index (χ1v) is 20.4. The number of benzene rings is 4. The van der Waals surface area contributed by atoms with Crippen LogP contribution in [-0.2, 0) is 9.47 Å². The Labute approximate surface area is 371 Å². The number of hydrogen-bond donors (Lipinski definition) is 8. The number of nitrogens with two attached hydrogens (primary N) is 4. The van der Waals surface area contributed by atoms with Gasteiger partial charge in [0.1, 0.15) is 0 Å². The molecule has 0 saturated carbocycles. The first-order valence-electron chi connectivity index (χ1n) is 19.6. The Kier molecular flexibility index (Phi) is 24.2. The zero-order valence-electron chi connectivity index (χ0n) is 34.8. The molecule has 4 aromatic carbocycles. The molecule has 4 aromatic rings. The van der Waals surface area contributed by atoms with E-state index in [1.165, 1.54) is 36.4 Å². The van der Waals surface area contributed by atoms with E-state index in [4.69, 9.17) is 55.6 Å². The molecule has 0 amide bonds. The number of aliphatic hydroxyl groups is 4. The minimum atomic E-state index is -0.989. The molecule has 3 atom stereocenters. The predicted molar refractivity (Wildman–Crippen MR) is 246 cm³/mol. The second-order valence-electron chi connectivity index (χ2n) is 13.8. The molecule has 12 N–H and O–H groups in total. The van der Waals surface area contributed by atoms with Crippen molar-refractivity contribution >= 4 is 68.7 Å². The fraction of sp³-hybridized carbons (Fsp3) is 0.415. The normalized spacial score (nSPS) is 12.3. The van der Waals surface area contributed by atoms with Crippen LogP contribution in [0.1, 0.15) is 13.8 Å². The monoisotopic (exact) mass is 907 g/mol. The Hall–Kier alpha value is -5.22. The van der Waals surface area contributed by atoms with Crippen molar-refractivity contribution in [3.63, 3.8) is 0 Å². The lowest BCUT2D eigenvalue weighted by Gasteiger charge is -2.29. The summed E-state index contributed by atoms with van der Waals surface area (Å²) in [7, 11) is 0. The van der Waals surface area contributed by atoms with E-state index in [-0.39, 0.29) is 54.3 Å². The average Bonchev–Trinajstić information content (AvgIpc) is 3.24. The average molecular weight is 909 g/mol. The highest BCUT2D eigenvalue weighted by Gasteiger charge is 2.20. The number of likely N-dealkylation sites (N-methyl/N-ethyl adjacent to an activating group) is 2. The maximum Gasteiger partial charge on any atom is 0.271 e. The molecule has 0 aliphatic heterocycles. The first kappa shape index (κ1) is 52.9. The van der Waals surface area contributed by atoms with Crippen LogP contribution in [-0.4, -0.2) is 132 Å². The Morgan fingerprint density at radius 2 is 0.968 bits per heavy atom. The molecule has 21 heteroatoms. The van der Waals surface area contributed by atoms with Crippen LogP contribution in [0.5, 0.6) is 0 Å². The highest BCUT2D eigenvalue weighted by Crippen LogP contribution is 2.25. The van der Waals surface area contributed by atoms with Crippen molar-refractivity contribution in [2.75, 3.05) is 112 Å².